The normalized spacial score (nSPS) is 13.4. The number of benzene rings is 2. The van der Waals surface area contributed by atoms with Crippen molar-refractivity contribution in [1.29, 1.82) is 0 Å². The topological polar surface area (TPSA) is 84.3 Å². The highest BCUT2D eigenvalue weighted by molar-refractivity contribution is 9.10. The van der Waals surface area contributed by atoms with Gasteiger partial charge in [-0.1, -0.05) is 28.1 Å². The van der Waals surface area contributed by atoms with Crippen LogP contribution in [0.5, 0.6) is 0 Å². The van der Waals surface area contributed by atoms with Gasteiger partial charge in [0.25, 0.3) is 5.82 Å². The quantitative estimate of drug-likeness (QED) is 0.488. The van der Waals surface area contributed by atoms with E-state index >= 15 is 0 Å². The molecule has 1 atom stereocenters. The van der Waals surface area contributed by atoms with Crippen LogP contribution in [0, 0.1) is 0 Å². The molecule has 0 saturated heterocycles. The number of aryl methyl sites for hydroxylation is 1. The summed E-state index contributed by atoms with van der Waals surface area (Å²) in [6, 6.07) is 13.8. The predicted octanol–water partition coefficient (Wildman–Crippen LogP) is 3.64. The Bertz CT molecular complexity index is 1260. The highest BCUT2D eigenvalue weighted by Crippen LogP contribution is 2.26. The van der Waals surface area contributed by atoms with Gasteiger partial charge in [0.15, 0.2) is 10.0 Å². The van der Waals surface area contributed by atoms with E-state index in [0.717, 1.165) is 4.47 Å². The van der Waals surface area contributed by atoms with E-state index < -0.39 is 10.0 Å². The Hall–Kier alpha value is -2.62. The standard InChI is InChI=1S/C18H14BrN5O2S/c1-23-10-11-24(12-23)18-17(20-15-4-2-3-5-16(15)21-18)22-27(25,26)14-8-6-13(19)7-9-14/h2-12H,1H3/p+1. The van der Waals surface area contributed by atoms with Gasteiger partial charge in [0.2, 0.25) is 12.1 Å². The molecule has 1 N–H and O–H groups in total. The fraction of sp³-hybridized carbons (Fsp3) is 0.0556. The summed E-state index contributed by atoms with van der Waals surface area (Å²) in [6.07, 6.45) is 5.42. The van der Waals surface area contributed by atoms with E-state index in [4.69, 9.17) is 0 Å². The third-order valence-electron chi connectivity index (χ3n) is 3.88. The lowest BCUT2D eigenvalue weighted by atomic mass is 10.3. The predicted molar refractivity (Wildman–Crippen MR) is 105 cm³/mol. The molecule has 0 aliphatic heterocycles. The summed E-state index contributed by atoms with van der Waals surface area (Å²) in [5, 5.41) is 0. The van der Waals surface area contributed by atoms with Crippen LogP contribution in [0.15, 0.2) is 81.0 Å². The average molecular weight is 445 g/mol. The van der Waals surface area contributed by atoms with Crippen molar-refractivity contribution in [2.24, 2.45) is 11.4 Å². The molecule has 0 spiro atoms. The number of hydrogen-bond donors (Lipinski definition) is 1. The van der Waals surface area contributed by atoms with Gasteiger partial charge in [0.05, 0.1) is 23.0 Å². The largest absolute Gasteiger partial charge is 0.296 e. The van der Waals surface area contributed by atoms with E-state index in [2.05, 4.69) is 30.3 Å². The molecule has 0 bridgehead atoms. The van der Waals surface area contributed by atoms with Crippen molar-refractivity contribution in [1.82, 2.24) is 14.5 Å². The Morgan fingerprint density at radius 1 is 1.11 bits per heavy atom. The van der Waals surface area contributed by atoms with Gasteiger partial charge in [0, 0.05) is 4.47 Å². The summed E-state index contributed by atoms with van der Waals surface area (Å²) in [5.41, 5.74) is 1.28. The third-order valence-corrected chi connectivity index (χ3v) is 5.71. The third kappa shape index (κ3) is 3.61. The molecule has 0 saturated carbocycles. The first kappa shape index (κ1) is 17.8. The van der Waals surface area contributed by atoms with Crippen LogP contribution in [0.4, 0.5) is 5.82 Å². The van der Waals surface area contributed by atoms with Crippen LogP contribution in [0.1, 0.15) is 0 Å². The van der Waals surface area contributed by atoms with E-state index in [1.807, 2.05) is 36.0 Å². The van der Waals surface area contributed by atoms with Crippen LogP contribution in [0.3, 0.4) is 0 Å². The van der Waals surface area contributed by atoms with Crippen LogP contribution in [-0.4, -0.2) is 23.3 Å². The van der Waals surface area contributed by atoms with Crippen molar-refractivity contribution in [3.63, 3.8) is 0 Å². The van der Waals surface area contributed by atoms with Crippen molar-refractivity contribution in [2.45, 2.75) is 4.90 Å². The molecular weight excluding hydrogens is 430 g/mol. The average Bonchev–Trinajstić information content (AvgIpc) is 3.07. The molecule has 0 aliphatic carbocycles. The number of para-hydroxylation sites is 2. The van der Waals surface area contributed by atoms with Crippen LogP contribution in [-0.2, 0) is 17.1 Å². The van der Waals surface area contributed by atoms with E-state index in [-0.39, 0.29) is 10.7 Å². The van der Waals surface area contributed by atoms with Gasteiger partial charge >= 0.3 is 0 Å². The Balaban J connectivity index is 1.96. The summed E-state index contributed by atoms with van der Waals surface area (Å²) in [4.78, 5) is 9.28. The Labute approximate surface area is 164 Å². The SMILES string of the molecule is C[n+]1ccn(-c2nc3ccccc3nc2N=S(=O)(O)c2ccc(Br)cc2)c1. The maximum absolute atomic E-state index is 12.9. The molecule has 2 heterocycles. The minimum absolute atomic E-state index is 0.0975. The number of fused-ring (bicyclic) bond motifs is 1. The molecule has 2 aromatic heterocycles. The van der Waals surface area contributed by atoms with Crippen molar-refractivity contribution < 1.29 is 13.3 Å². The zero-order valence-electron chi connectivity index (χ0n) is 14.2. The summed E-state index contributed by atoms with van der Waals surface area (Å²) in [7, 11) is -1.82. The fourth-order valence-electron chi connectivity index (χ4n) is 2.57. The molecule has 0 aliphatic rings. The summed E-state index contributed by atoms with van der Waals surface area (Å²) in [6.45, 7) is 0. The van der Waals surface area contributed by atoms with Crippen LogP contribution < -0.4 is 4.57 Å². The van der Waals surface area contributed by atoms with E-state index in [1.165, 1.54) is 0 Å². The Kier molecular flexibility index (Phi) is 4.50. The second-order valence-corrected chi connectivity index (χ2v) is 8.45. The molecule has 2 aromatic carbocycles. The van der Waals surface area contributed by atoms with Gasteiger partial charge in [0.1, 0.15) is 12.4 Å². The van der Waals surface area contributed by atoms with Crippen molar-refractivity contribution in [2.75, 3.05) is 0 Å². The van der Waals surface area contributed by atoms with Gasteiger partial charge in [-0.2, -0.15) is 4.57 Å². The van der Waals surface area contributed by atoms with Crippen molar-refractivity contribution in [3.8, 4) is 5.82 Å². The Morgan fingerprint density at radius 2 is 1.78 bits per heavy atom. The zero-order valence-corrected chi connectivity index (χ0v) is 16.6. The van der Waals surface area contributed by atoms with E-state index in [9.17, 15) is 8.76 Å². The van der Waals surface area contributed by atoms with Crippen molar-refractivity contribution in [3.05, 3.63) is 71.7 Å². The molecule has 1 unspecified atom stereocenters. The number of aromatic nitrogens is 4. The maximum Gasteiger partial charge on any atom is 0.272 e. The fourth-order valence-corrected chi connectivity index (χ4v) is 3.79. The number of nitrogens with zero attached hydrogens (tertiary/aromatic N) is 5. The van der Waals surface area contributed by atoms with Gasteiger partial charge in [-0.25, -0.2) is 18.7 Å². The van der Waals surface area contributed by atoms with Gasteiger partial charge in [-0.3, -0.25) is 4.55 Å². The number of imidazole rings is 1. The van der Waals surface area contributed by atoms with E-state index in [0.29, 0.717) is 16.9 Å². The summed E-state index contributed by atoms with van der Waals surface area (Å²) < 4.78 is 31.9. The molecule has 27 heavy (non-hydrogen) atoms. The highest BCUT2D eigenvalue weighted by Gasteiger charge is 2.19. The molecule has 136 valence electrons. The minimum Gasteiger partial charge on any atom is -0.296 e. The molecular formula is C18H15BrN5O2S+. The van der Waals surface area contributed by atoms with Crippen LogP contribution >= 0.6 is 15.9 Å². The molecule has 0 amide bonds. The monoisotopic (exact) mass is 444 g/mol. The zero-order chi connectivity index (χ0) is 19.0. The van der Waals surface area contributed by atoms with Gasteiger partial charge in [-0.15, -0.1) is 4.36 Å². The summed E-state index contributed by atoms with van der Waals surface area (Å²) in [5.74, 6) is 0.480. The smallest absolute Gasteiger partial charge is 0.272 e. The van der Waals surface area contributed by atoms with Crippen LogP contribution in [0.25, 0.3) is 16.9 Å². The Morgan fingerprint density at radius 3 is 2.41 bits per heavy atom. The number of hydrogen-bond acceptors (Lipinski definition) is 4. The molecule has 4 rings (SSSR count). The second-order valence-electron chi connectivity index (χ2n) is 5.89. The molecule has 9 heteroatoms. The molecule has 7 nitrogen and oxygen atoms in total. The van der Waals surface area contributed by atoms with Gasteiger partial charge < -0.3 is 0 Å². The molecule has 0 radical (unpaired) electrons. The maximum atomic E-state index is 12.9. The van der Waals surface area contributed by atoms with Crippen LogP contribution in [0.2, 0.25) is 0 Å². The van der Waals surface area contributed by atoms with Gasteiger partial charge in [-0.05, 0) is 36.4 Å². The lowest BCUT2D eigenvalue weighted by Crippen LogP contribution is -2.23. The molecule has 4 aromatic rings. The highest BCUT2D eigenvalue weighted by atomic mass is 79.9. The minimum atomic E-state index is -3.69. The first-order chi connectivity index (χ1) is 12.9. The van der Waals surface area contributed by atoms with Crippen molar-refractivity contribution >= 4 is 42.8 Å². The number of rotatable bonds is 3. The first-order valence-electron chi connectivity index (χ1n) is 7.98. The lowest BCUT2D eigenvalue weighted by molar-refractivity contribution is -0.670. The lowest BCUT2D eigenvalue weighted by Gasteiger charge is -2.06. The number of halogens is 1. The second kappa shape index (κ2) is 6.84. The van der Waals surface area contributed by atoms with E-state index in [1.54, 1.807) is 47.4 Å². The molecule has 0 fully saturated rings. The summed E-state index contributed by atoms with van der Waals surface area (Å²) >= 11 is 3.32. The first-order valence-corrected chi connectivity index (χ1v) is 10.2.